The quantitative estimate of drug-likeness (QED) is 0.785. The fraction of sp³-hybridized carbons (Fsp3) is 0.294. The van der Waals surface area contributed by atoms with Gasteiger partial charge in [0.15, 0.2) is 0 Å². The molecule has 2 aromatic carbocycles. The highest BCUT2D eigenvalue weighted by molar-refractivity contribution is 9.10. The van der Waals surface area contributed by atoms with Crippen molar-refractivity contribution in [3.05, 3.63) is 69.2 Å². The van der Waals surface area contributed by atoms with E-state index in [2.05, 4.69) is 21.2 Å². The molecule has 0 fully saturated rings. The Hall–Kier alpha value is -1.26. The summed E-state index contributed by atoms with van der Waals surface area (Å²) in [6.45, 7) is 2.03. The molecular formula is C17H18BrF2N. The molecule has 1 unspecified atom stereocenters. The van der Waals surface area contributed by atoms with Gasteiger partial charge in [-0.15, -0.1) is 0 Å². The Labute approximate surface area is 132 Å². The normalized spacial score (nSPS) is 12.4. The maximum atomic E-state index is 14.0. The third-order valence-electron chi connectivity index (χ3n) is 3.60. The number of hydrogen-bond acceptors (Lipinski definition) is 1. The molecule has 0 aliphatic rings. The molecule has 0 bridgehead atoms. The van der Waals surface area contributed by atoms with Gasteiger partial charge in [-0.05, 0) is 60.4 Å². The summed E-state index contributed by atoms with van der Waals surface area (Å²) in [5, 5.41) is 3.14. The Morgan fingerprint density at radius 2 is 1.71 bits per heavy atom. The molecule has 1 nitrogen and oxygen atoms in total. The Balaban J connectivity index is 2.16. The van der Waals surface area contributed by atoms with Crippen LogP contribution in [0.4, 0.5) is 8.78 Å². The van der Waals surface area contributed by atoms with E-state index >= 15 is 0 Å². The van der Waals surface area contributed by atoms with E-state index in [0.29, 0.717) is 10.9 Å². The fourth-order valence-corrected chi connectivity index (χ4v) is 2.66. The molecule has 0 amide bonds. The summed E-state index contributed by atoms with van der Waals surface area (Å²) in [5.74, 6) is -1.01. The first-order valence-corrected chi connectivity index (χ1v) is 7.65. The van der Waals surface area contributed by atoms with Crippen LogP contribution in [0.15, 0.2) is 40.9 Å². The molecule has 0 aliphatic heterocycles. The second kappa shape index (κ2) is 7.14. The highest BCUT2D eigenvalue weighted by atomic mass is 79.9. The van der Waals surface area contributed by atoms with Crippen LogP contribution in [0.3, 0.4) is 0 Å². The van der Waals surface area contributed by atoms with Crippen molar-refractivity contribution in [1.82, 2.24) is 5.32 Å². The van der Waals surface area contributed by atoms with Gasteiger partial charge in [-0.25, -0.2) is 8.78 Å². The predicted molar refractivity (Wildman–Crippen MR) is 85.5 cm³/mol. The first-order valence-electron chi connectivity index (χ1n) is 6.86. The molecule has 21 heavy (non-hydrogen) atoms. The molecule has 0 heterocycles. The van der Waals surface area contributed by atoms with Crippen molar-refractivity contribution in [2.24, 2.45) is 0 Å². The lowest BCUT2D eigenvalue weighted by molar-refractivity contribution is 0.500. The number of benzene rings is 2. The van der Waals surface area contributed by atoms with Gasteiger partial charge in [0.2, 0.25) is 0 Å². The highest BCUT2D eigenvalue weighted by Crippen LogP contribution is 2.23. The van der Waals surface area contributed by atoms with Crippen LogP contribution >= 0.6 is 15.9 Å². The molecule has 0 radical (unpaired) electrons. The average molecular weight is 354 g/mol. The molecule has 0 saturated carbocycles. The van der Waals surface area contributed by atoms with Gasteiger partial charge < -0.3 is 5.32 Å². The van der Waals surface area contributed by atoms with E-state index < -0.39 is 11.6 Å². The van der Waals surface area contributed by atoms with Crippen molar-refractivity contribution >= 4 is 15.9 Å². The summed E-state index contributed by atoms with van der Waals surface area (Å²) >= 11 is 3.10. The van der Waals surface area contributed by atoms with Crippen LogP contribution in [0, 0.1) is 18.6 Å². The van der Waals surface area contributed by atoms with Crippen LogP contribution in [0.25, 0.3) is 0 Å². The lowest BCUT2D eigenvalue weighted by atomic mass is 9.98. The lowest BCUT2D eigenvalue weighted by Crippen LogP contribution is -2.30. The zero-order chi connectivity index (χ0) is 15.4. The molecule has 0 spiro atoms. The molecule has 2 aromatic rings. The largest absolute Gasteiger partial charge is 0.316 e. The van der Waals surface area contributed by atoms with Crippen LogP contribution in [-0.4, -0.2) is 13.1 Å². The van der Waals surface area contributed by atoms with E-state index in [-0.39, 0.29) is 11.6 Å². The first kappa shape index (κ1) is 16.1. The van der Waals surface area contributed by atoms with Crippen LogP contribution in [-0.2, 0) is 12.8 Å². The summed E-state index contributed by atoms with van der Waals surface area (Å²) in [7, 11) is 1.81. The van der Waals surface area contributed by atoms with Crippen molar-refractivity contribution in [2.45, 2.75) is 25.8 Å². The summed E-state index contributed by atoms with van der Waals surface area (Å²) in [6.07, 6.45) is 1.03. The van der Waals surface area contributed by atoms with Crippen molar-refractivity contribution in [2.75, 3.05) is 7.05 Å². The topological polar surface area (TPSA) is 12.0 Å². The Morgan fingerprint density at radius 1 is 1.05 bits per heavy atom. The van der Waals surface area contributed by atoms with Gasteiger partial charge in [0, 0.05) is 11.6 Å². The molecular weight excluding hydrogens is 336 g/mol. The number of halogens is 3. The van der Waals surface area contributed by atoms with Crippen LogP contribution in [0.1, 0.15) is 16.7 Å². The van der Waals surface area contributed by atoms with Crippen LogP contribution in [0.5, 0.6) is 0 Å². The number of aryl methyl sites for hydroxylation is 1. The smallest absolute Gasteiger partial charge is 0.143 e. The van der Waals surface area contributed by atoms with Crippen molar-refractivity contribution in [3.8, 4) is 0 Å². The van der Waals surface area contributed by atoms with Gasteiger partial charge in [0.05, 0.1) is 4.47 Å². The summed E-state index contributed by atoms with van der Waals surface area (Å²) in [5.41, 5.74) is 2.47. The third kappa shape index (κ3) is 4.11. The summed E-state index contributed by atoms with van der Waals surface area (Å²) in [4.78, 5) is 0. The number of nitrogens with one attached hydrogen (secondary N) is 1. The SMILES string of the molecule is CNC(Cc1ccc(C)cc1)Cc1c(F)ccc(Br)c1F. The minimum Gasteiger partial charge on any atom is -0.316 e. The van der Waals surface area contributed by atoms with E-state index in [1.165, 1.54) is 17.7 Å². The van der Waals surface area contributed by atoms with E-state index in [9.17, 15) is 8.78 Å². The van der Waals surface area contributed by atoms with Crippen molar-refractivity contribution < 1.29 is 8.78 Å². The first-order chi connectivity index (χ1) is 10.0. The monoisotopic (exact) mass is 353 g/mol. The van der Waals surface area contributed by atoms with E-state index in [1.807, 2.05) is 38.2 Å². The van der Waals surface area contributed by atoms with E-state index in [4.69, 9.17) is 0 Å². The summed E-state index contributed by atoms with van der Waals surface area (Å²) in [6, 6.07) is 10.8. The summed E-state index contributed by atoms with van der Waals surface area (Å²) < 4.78 is 28.2. The molecule has 1 atom stereocenters. The molecule has 112 valence electrons. The fourth-order valence-electron chi connectivity index (χ4n) is 2.29. The maximum absolute atomic E-state index is 14.0. The number of likely N-dealkylation sites (N-methyl/N-ethyl adjacent to an activating group) is 1. The van der Waals surface area contributed by atoms with Gasteiger partial charge in [-0.2, -0.15) is 0 Å². The van der Waals surface area contributed by atoms with Gasteiger partial charge in [-0.3, -0.25) is 0 Å². The molecule has 0 aliphatic carbocycles. The van der Waals surface area contributed by atoms with Crippen LogP contribution < -0.4 is 5.32 Å². The Bertz CT molecular complexity index is 611. The van der Waals surface area contributed by atoms with E-state index in [1.54, 1.807) is 0 Å². The standard InChI is InChI=1S/C17H18BrF2N/c1-11-3-5-12(6-4-11)9-13(21-2)10-14-16(19)8-7-15(18)17(14)20/h3-8,13,21H,9-10H2,1-2H3. The second-order valence-electron chi connectivity index (χ2n) is 5.20. The maximum Gasteiger partial charge on any atom is 0.143 e. The lowest BCUT2D eigenvalue weighted by Gasteiger charge is -2.18. The minimum atomic E-state index is -0.515. The highest BCUT2D eigenvalue weighted by Gasteiger charge is 2.17. The van der Waals surface area contributed by atoms with Crippen molar-refractivity contribution in [1.29, 1.82) is 0 Å². The average Bonchev–Trinajstić information content (AvgIpc) is 2.48. The molecule has 0 aromatic heterocycles. The second-order valence-corrected chi connectivity index (χ2v) is 6.06. The predicted octanol–water partition coefficient (Wildman–Crippen LogP) is 4.41. The molecule has 0 saturated heterocycles. The van der Waals surface area contributed by atoms with Gasteiger partial charge >= 0.3 is 0 Å². The van der Waals surface area contributed by atoms with E-state index in [0.717, 1.165) is 12.0 Å². The van der Waals surface area contributed by atoms with Crippen molar-refractivity contribution in [3.63, 3.8) is 0 Å². The molecule has 4 heteroatoms. The third-order valence-corrected chi connectivity index (χ3v) is 4.21. The minimum absolute atomic E-state index is 0.0222. The molecule has 1 N–H and O–H groups in total. The van der Waals surface area contributed by atoms with Gasteiger partial charge in [0.1, 0.15) is 11.6 Å². The number of rotatable bonds is 5. The van der Waals surface area contributed by atoms with Gasteiger partial charge in [0.25, 0.3) is 0 Å². The zero-order valence-electron chi connectivity index (χ0n) is 12.1. The Kier molecular flexibility index (Phi) is 5.48. The van der Waals surface area contributed by atoms with Crippen LogP contribution in [0.2, 0.25) is 0 Å². The van der Waals surface area contributed by atoms with Gasteiger partial charge in [-0.1, -0.05) is 29.8 Å². The molecule has 2 rings (SSSR count). The Morgan fingerprint density at radius 3 is 2.33 bits per heavy atom. The number of hydrogen-bond donors (Lipinski definition) is 1. The zero-order valence-corrected chi connectivity index (χ0v) is 13.7.